The van der Waals surface area contributed by atoms with Gasteiger partial charge < -0.3 is 4.42 Å². The van der Waals surface area contributed by atoms with Crippen molar-refractivity contribution < 1.29 is 9.21 Å². The maximum atomic E-state index is 12.7. The van der Waals surface area contributed by atoms with Gasteiger partial charge >= 0.3 is 0 Å². The van der Waals surface area contributed by atoms with Crippen molar-refractivity contribution in [2.75, 3.05) is 4.90 Å². The van der Waals surface area contributed by atoms with Crippen LogP contribution in [0.2, 0.25) is 0 Å². The van der Waals surface area contributed by atoms with Crippen molar-refractivity contribution in [2.24, 2.45) is 0 Å². The van der Waals surface area contributed by atoms with E-state index in [1.165, 1.54) is 23.1 Å². The summed E-state index contributed by atoms with van der Waals surface area (Å²) in [6.45, 7) is 2.01. The molecule has 1 aliphatic heterocycles. The number of rotatable bonds is 3. The number of nitrogens with zero attached hydrogens (tertiary/aromatic N) is 2. The first-order valence-corrected chi connectivity index (χ1v) is 9.56. The highest BCUT2D eigenvalue weighted by Crippen LogP contribution is 2.36. The summed E-state index contributed by atoms with van der Waals surface area (Å²) in [4.78, 5) is 19.4. The summed E-state index contributed by atoms with van der Waals surface area (Å²) in [7, 11) is 0. The van der Waals surface area contributed by atoms with E-state index in [-0.39, 0.29) is 5.91 Å². The van der Waals surface area contributed by atoms with Crippen LogP contribution in [-0.4, -0.2) is 15.2 Å². The third-order valence-corrected chi connectivity index (χ3v) is 5.80. The van der Waals surface area contributed by atoms with Gasteiger partial charge in [0.25, 0.3) is 5.91 Å². The number of aryl methyl sites for hydroxylation is 1. The van der Waals surface area contributed by atoms with Crippen LogP contribution in [0.4, 0.5) is 5.69 Å². The second kappa shape index (κ2) is 6.59. The number of amides is 1. The Balaban J connectivity index is 1.61. The maximum Gasteiger partial charge on any atom is 0.270 e. The smallest absolute Gasteiger partial charge is 0.270 e. The van der Waals surface area contributed by atoms with E-state index in [1.54, 1.807) is 17.2 Å². The predicted molar refractivity (Wildman–Crippen MR) is 107 cm³/mol. The number of carbonyl (C=O) groups excluding carboxylic acids is 1. The molecule has 4 nitrogen and oxygen atoms in total. The second-order valence-electron chi connectivity index (χ2n) is 5.41. The minimum Gasteiger partial charge on any atom is -0.462 e. The summed E-state index contributed by atoms with van der Waals surface area (Å²) < 4.78 is 5.88. The van der Waals surface area contributed by atoms with Crippen molar-refractivity contribution >= 4 is 57.3 Å². The Bertz CT molecular complexity index is 972. The fourth-order valence-electron chi connectivity index (χ4n) is 2.38. The van der Waals surface area contributed by atoms with Gasteiger partial charge in [0.15, 0.2) is 15.1 Å². The fourth-order valence-corrected chi connectivity index (χ4v) is 4.41. The summed E-state index contributed by atoms with van der Waals surface area (Å²) in [6, 6.07) is 11.4. The lowest BCUT2D eigenvalue weighted by Crippen LogP contribution is -2.27. The molecule has 2 aromatic heterocycles. The molecular weight excluding hydrogens is 372 g/mol. The molecule has 0 unspecified atom stereocenters. The number of anilines is 1. The number of thioether (sulfide) groups is 1. The molecule has 0 aliphatic carbocycles. The Labute approximate surface area is 158 Å². The summed E-state index contributed by atoms with van der Waals surface area (Å²) in [5.41, 5.74) is 2.64. The summed E-state index contributed by atoms with van der Waals surface area (Å²) in [5, 5.41) is 2.68. The molecule has 1 amide bonds. The van der Waals surface area contributed by atoms with Crippen LogP contribution in [0.3, 0.4) is 0 Å². The van der Waals surface area contributed by atoms with E-state index in [0.29, 0.717) is 9.23 Å². The van der Waals surface area contributed by atoms with Gasteiger partial charge in [0, 0.05) is 5.38 Å². The van der Waals surface area contributed by atoms with Gasteiger partial charge in [-0.25, -0.2) is 4.98 Å². The third-order valence-electron chi connectivity index (χ3n) is 3.62. The van der Waals surface area contributed by atoms with Crippen molar-refractivity contribution in [3.8, 4) is 10.8 Å². The largest absolute Gasteiger partial charge is 0.462 e. The number of benzene rings is 1. The van der Waals surface area contributed by atoms with Crippen LogP contribution in [0.15, 0.2) is 57.4 Å². The molecular formula is C18H12N2O2S3. The third kappa shape index (κ3) is 3.18. The van der Waals surface area contributed by atoms with Crippen LogP contribution >= 0.6 is 35.3 Å². The van der Waals surface area contributed by atoms with E-state index in [2.05, 4.69) is 4.98 Å². The van der Waals surface area contributed by atoms with Crippen molar-refractivity contribution in [3.05, 3.63) is 64.2 Å². The molecule has 1 fully saturated rings. The average Bonchev–Trinajstić information content (AvgIpc) is 3.31. The number of hydrogen-bond acceptors (Lipinski definition) is 6. The number of furan rings is 1. The monoisotopic (exact) mass is 384 g/mol. The van der Waals surface area contributed by atoms with Gasteiger partial charge in [-0.2, -0.15) is 0 Å². The van der Waals surface area contributed by atoms with Gasteiger partial charge in [-0.1, -0.05) is 41.7 Å². The molecule has 3 heterocycles. The molecule has 7 heteroatoms. The van der Waals surface area contributed by atoms with Gasteiger partial charge in [0.1, 0.15) is 0 Å². The highest BCUT2D eigenvalue weighted by Gasteiger charge is 2.33. The molecule has 0 bridgehead atoms. The predicted octanol–water partition coefficient (Wildman–Crippen LogP) is 5.12. The van der Waals surface area contributed by atoms with Crippen molar-refractivity contribution in [1.29, 1.82) is 0 Å². The standard InChI is InChI=1S/C18H12N2O2S3/c1-11-4-6-13(7-5-11)20-17(21)15(25-18(20)23)9-12-10-24-16(19-12)14-3-2-8-22-14/h2-10H,1H3/b15-9+. The van der Waals surface area contributed by atoms with E-state index >= 15 is 0 Å². The Morgan fingerprint density at radius 1 is 1.24 bits per heavy atom. The zero-order valence-corrected chi connectivity index (χ0v) is 15.6. The first-order chi connectivity index (χ1) is 12.1. The molecule has 124 valence electrons. The van der Waals surface area contributed by atoms with Crippen LogP contribution in [0, 0.1) is 6.92 Å². The van der Waals surface area contributed by atoms with Crippen LogP contribution in [0.5, 0.6) is 0 Å². The molecule has 4 rings (SSSR count). The molecule has 1 aliphatic rings. The minimum absolute atomic E-state index is 0.119. The molecule has 1 saturated heterocycles. The maximum absolute atomic E-state index is 12.7. The number of carbonyl (C=O) groups is 1. The van der Waals surface area contributed by atoms with Crippen LogP contribution < -0.4 is 4.90 Å². The van der Waals surface area contributed by atoms with Crippen molar-refractivity contribution in [3.63, 3.8) is 0 Å². The topological polar surface area (TPSA) is 46.3 Å². The first kappa shape index (κ1) is 16.3. The lowest BCUT2D eigenvalue weighted by Gasteiger charge is -2.14. The molecule has 0 N–H and O–H groups in total. The number of aromatic nitrogens is 1. The SMILES string of the molecule is Cc1ccc(N2C(=O)/C(=C\c3csc(-c4ccco4)n3)SC2=S)cc1. The molecule has 0 saturated carbocycles. The van der Waals surface area contributed by atoms with Crippen molar-refractivity contribution in [2.45, 2.75) is 6.92 Å². The van der Waals surface area contributed by atoms with Crippen LogP contribution in [-0.2, 0) is 4.79 Å². The van der Waals surface area contributed by atoms with Gasteiger partial charge in [-0.3, -0.25) is 9.69 Å². The Hall–Kier alpha value is -2.22. The number of thiazole rings is 1. The number of hydrogen-bond donors (Lipinski definition) is 0. The average molecular weight is 385 g/mol. The molecule has 25 heavy (non-hydrogen) atoms. The van der Waals surface area contributed by atoms with Gasteiger partial charge in [0.2, 0.25) is 0 Å². The number of thiocarbonyl (C=S) groups is 1. The van der Waals surface area contributed by atoms with E-state index < -0.39 is 0 Å². The normalized spacial score (nSPS) is 16.2. The van der Waals surface area contributed by atoms with E-state index in [0.717, 1.165) is 27.7 Å². The minimum atomic E-state index is -0.119. The van der Waals surface area contributed by atoms with Crippen LogP contribution in [0.1, 0.15) is 11.3 Å². The Morgan fingerprint density at radius 3 is 2.76 bits per heavy atom. The fraction of sp³-hybridized carbons (Fsp3) is 0.0556. The van der Waals surface area contributed by atoms with Gasteiger partial charge in [-0.05, 0) is 37.3 Å². The van der Waals surface area contributed by atoms with Crippen molar-refractivity contribution in [1.82, 2.24) is 4.98 Å². The zero-order valence-electron chi connectivity index (χ0n) is 13.1. The summed E-state index contributed by atoms with van der Waals surface area (Å²) >= 11 is 8.16. The zero-order chi connectivity index (χ0) is 17.4. The van der Waals surface area contributed by atoms with Gasteiger partial charge in [0.05, 0.1) is 22.5 Å². The highest BCUT2D eigenvalue weighted by atomic mass is 32.2. The van der Waals surface area contributed by atoms with Gasteiger partial charge in [-0.15, -0.1) is 11.3 Å². The lowest BCUT2D eigenvalue weighted by atomic mass is 10.2. The molecule has 0 radical (unpaired) electrons. The van der Waals surface area contributed by atoms with E-state index in [1.807, 2.05) is 48.7 Å². The second-order valence-corrected chi connectivity index (χ2v) is 7.94. The molecule has 3 aromatic rings. The quantitative estimate of drug-likeness (QED) is 0.463. The highest BCUT2D eigenvalue weighted by molar-refractivity contribution is 8.27. The molecule has 0 atom stereocenters. The molecule has 0 spiro atoms. The van der Waals surface area contributed by atoms with E-state index in [4.69, 9.17) is 16.6 Å². The van der Waals surface area contributed by atoms with E-state index in [9.17, 15) is 4.79 Å². The first-order valence-electron chi connectivity index (χ1n) is 7.46. The molecule has 1 aromatic carbocycles. The lowest BCUT2D eigenvalue weighted by molar-refractivity contribution is -0.113. The van der Waals surface area contributed by atoms with Crippen LogP contribution in [0.25, 0.3) is 16.8 Å². The Morgan fingerprint density at radius 2 is 2.04 bits per heavy atom. The summed E-state index contributed by atoms with van der Waals surface area (Å²) in [6.07, 6.45) is 3.39. The summed E-state index contributed by atoms with van der Waals surface area (Å²) in [5.74, 6) is 0.600. The Kier molecular flexibility index (Phi) is 4.29.